The van der Waals surface area contributed by atoms with Crippen molar-refractivity contribution in [3.63, 3.8) is 0 Å². The molecule has 146 valence electrons. The van der Waals surface area contributed by atoms with E-state index in [-0.39, 0.29) is 23.3 Å². The van der Waals surface area contributed by atoms with Gasteiger partial charge in [-0.2, -0.15) is 0 Å². The second-order valence-electron chi connectivity index (χ2n) is 6.03. The molecule has 8 heteroatoms. The molecule has 1 atom stereocenters. The van der Waals surface area contributed by atoms with Crippen LogP contribution in [0.4, 0.5) is 13.2 Å². The van der Waals surface area contributed by atoms with Gasteiger partial charge < -0.3 is 19.7 Å². The lowest BCUT2D eigenvalue weighted by molar-refractivity contribution is -0.274. The first kappa shape index (κ1) is 20.6. The smallest absolute Gasteiger partial charge is 0.497 e. The first-order valence-corrected chi connectivity index (χ1v) is 8.14. The van der Waals surface area contributed by atoms with Gasteiger partial charge in [-0.3, -0.25) is 4.79 Å². The highest BCUT2D eigenvalue weighted by atomic mass is 19.4. The van der Waals surface area contributed by atoms with Crippen LogP contribution in [0, 0.1) is 0 Å². The van der Waals surface area contributed by atoms with Crippen LogP contribution >= 0.6 is 0 Å². The van der Waals surface area contributed by atoms with Gasteiger partial charge in [0.1, 0.15) is 11.5 Å². The molecule has 0 bridgehead atoms. The second kappa shape index (κ2) is 8.77. The summed E-state index contributed by atoms with van der Waals surface area (Å²) in [5, 5.41) is 2.80. The number of nitrogens with one attached hydrogen (secondary N) is 1. The van der Waals surface area contributed by atoms with Crippen LogP contribution < -0.4 is 14.8 Å². The SMILES string of the molecule is COc1ccc(C(CNC(=O)c2ccc(OC(F)(F)F)cc2)N(C)C)cc1. The minimum atomic E-state index is -4.76. The summed E-state index contributed by atoms with van der Waals surface area (Å²) >= 11 is 0. The zero-order valence-electron chi connectivity index (χ0n) is 15.2. The van der Waals surface area contributed by atoms with Crippen molar-refractivity contribution in [2.45, 2.75) is 12.4 Å². The molecule has 2 aromatic rings. The maximum Gasteiger partial charge on any atom is 0.573 e. The average molecular weight is 382 g/mol. The molecule has 0 spiro atoms. The molecule has 0 radical (unpaired) electrons. The number of carbonyl (C=O) groups is 1. The number of ether oxygens (including phenoxy) is 2. The molecule has 0 aromatic heterocycles. The van der Waals surface area contributed by atoms with Crippen LogP contribution in [0.2, 0.25) is 0 Å². The Labute approximate surface area is 155 Å². The molecule has 0 aliphatic rings. The fourth-order valence-electron chi connectivity index (χ4n) is 2.52. The molecule has 0 heterocycles. The van der Waals surface area contributed by atoms with E-state index in [9.17, 15) is 18.0 Å². The van der Waals surface area contributed by atoms with Gasteiger partial charge in [0.15, 0.2) is 0 Å². The normalized spacial score (nSPS) is 12.6. The fraction of sp³-hybridized carbons (Fsp3) is 0.316. The van der Waals surface area contributed by atoms with Gasteiger partial charge in [0.05, 0.1) is 13.2 Å². The summed E-state index contributed by atoms with van der Waals surface area (Å²) in [5.74, 6) is -0.0150. The fourth-order valence-corrected chi connectivity index (χ4v) is 2.52. The summed E-state index contributed by atoms with van der Waals surface area (Å²) in [6.45, 7) is 0.332. The highest BCUT2D eigenvalue weighted by Gasteiger charge is 2.31. The van der Waals surface area contributed by atoms with Crippen molar-refractivity contribution >= 4 is 5.91 Å². The molecule has 0 saturated heterocycles. The van der Waals surface area contributed by atoms with Gasteiger partial charge in [0.25, 0.3) is 5.91 Å². The lowest BCUT2D eigenvalue weighted by Gasteiger charge is -2.25. The van der Waals surface area contributed by atoms with E-state index < -0.39 is 6.36 Å². The molecular formula is C19H21F3N2O3. The number of hydrogen-bond acceptors (Lipinski definition) is 4. The van der Waals surface area contributed by atoms with Crippen LogP contribution in [-0.2, 0) is 0 Å². The molecule has 1 unspecified atom stereocenters. The van der Waals surface area contributed by atoms with Crippen LogP contribution in [0.1, 0.15) is 22.0 Å². The lowest BCUT2D eigenvalue weighted by Crippen LogP contribution is -2.34. The number of halogens is 3. The average Bonchev–Trinajstić information content (AvgIpc) is 2.61. The van der Waals surface area contributed by atoms with Crippen molar-refractivity contribution in [1.29, 1.82) is 0 Å². The first-order chi connectivity index (χ1) is 12.7. The van der Waals surface area contributed by atoms with Crippen LogP contribution in [-0.4, -0.2) is 44.9 Å². The standard InChI is InChI=1S/C19H21F3N2O3/c1-24(2)17(13-4-8-15(26-3)9-5-13)12-23-18(25)14-6-10-16(11-7-14)27-19(20,21)22/h4-11,17H,12H2,1-3H3,(H,23,25). The molecule has 27 heavy (non-hydrogen) atoms. The zero-order valence-corrected chi connectivity index (χ0v) is 15.2. The van der Waals surface area contributed by atoms with Crippen molar-refractivity contribution in [3.8, 4) is 11.5 Å². The van der Waals surface area contributed by atoms with Crippen LogP contribution in [0.5, 0.6) is 11.5 Å². The summed E-state index contributed by atoms with van der Waals surface area (Å²) in [6, 6.07) is 12.2. The molecular weight excluding hydrogens is 361 g/mol. The topological polar surface area (TPSA) is 50.8 Å². The van der Waals surface area contributed by atoms with Crippen molar-refractivity contribution in [2.24, 2.45) is 0 Å². The van der Waals surface area contributed by atoms with Crippen molar-refractivity contribution < 1.29 is 27.4 Å². The maximum atomic E-state index is 12.3. The number of methoxy groups -OCH3 is 1. The summed E-state index contributed by atoms with van der Waals surface area (Å²) in [5.41, 5.74) is 1.24. The Balaban J connectivity index is 2.00. The Morgan fingerprint density at radius 2 is 1.59 bits per heavy atom. The maximum absolute atomic E-state index is 12.3. The third-order valence-electron chi connectivity index (χ3n) is 3.93. The molecule has 2 rings (SSSR count). The van der Waals surface area contributed by atoms with E-state index >= 15 is 0 Å². The van der Waals surface area contributed by atoms with Gasteiger partial charge in [-0.05, 0) is 56.1 Å². The number of carbonyl (C=O) groups excluding carboxylic acids is 1. The summed E-state index contributed by atoms with van der Waals surface area (Å²) in [6.07, 6.45) is -4.76. The molecule has 1 N–H and O–H groups in total. The number of rotatable bonds is 7. The van der Waals surface area contributed by atoms with Crippen LogP contribution in [0.3, 0.4) is 0 Å². The van der Waals surface area contributed by atoms with Crippen molar-refractivity contribution in [3.05, 3.63) is 59.7 Å². The number of benzene rings is 2. The molecule has 5 nitrogen and oxygen atoms in total. The molecule has 0 saturated carbocycles. The van der Waals surface area contributed by atoms with Gasteiger partial charge in [-0.25, -0.2) is 0 Å². The highest BCUT2D eigenvalue weighted by Crippen LogP contribution is 2.23. The van der Waals surface area contributed by atoms with Gasteiger partial charge in [-0.15, -0.1) is 13.2 Å². The third-order valence-corrected chi connectivity index (χ3v) is 3.93. The number of hydrogen-bond donors (Lipinski definition) is 1. The molecule has 0 aliphatic carbocycles. The lowest BCUT2D eigenvalue weighted by atomic mass is 10.1. The molecule has 1 amide bonds. The van der Waals surface area contributed by atoms with Crippen molar-refractivity contribution in [2.75, 3.05) is 27.7 Å². The van der Waals surface area contributed by atoms with E-state index in [0.29, 0.717) is 6.54 Å². The molecule has 0 fully saturated rings. The van der Waals surface area contributed by atoms with Gasteiger partial charge in [-0.1, -0.05) is 12.1 Å². The third kappa shape index (κ3) is 6.18. The predicted molar refractivity (Wildman–Crippen MR) is 94.9 cm³/mol. The largest absolute Gasteiger partial charge is 0.573 e. The van der Waals surface area contributed by atoms with E-state index in [2.05, 4.69) is 10.1 Å². The Morgan fingerprint density at radius 3 is 2.07 bits per heavy atom. The predicted octanol–water partition coefficient (Wildman–Crippen LogP) is 3.63. The summed E-state index contributed by atoms with van der Waals surface area (Å²) < 4.78 is 45.5. The highest BCUT2D eigenvalue weighted by molar-refractivity contribution is 5.94. The Hall–Kier alpha value is -2.74. The number of alkyl halides is 3. The van der Waals surface area contributed by atoms with E-state index in [1.807, 2.05) is 43.3 Å². The first-order valence-electron chi connectivity index (χ1n) is 8.14. The van der Waals surface area contributed by atoms with Crippen LogP contribution in [0.25, 0.3) is 0 Å². The van der Waals surface area contributed by atoms with Gasteiger partial charge >= 0.3 is 6.36 Å². The van der Waals surface area contributed by atoms with E-state index in [1.165, 1.54) is 12.1 Å². The number of nitrogens with zero attached hydrogens (tertiary/aromatic N) is 1. The quantitative estimate of drug-likeness (QED) is 0.795. The Morgan fingerprint density at radius 1 is 1.04 bits per heavy atom. The Bertz CT molecular complexity index is 744. The van der Waals surface area contributed by atoms with E-state index in [1.54, 1.807) is 7.11 Å². The van der Waals surface area contributed by atoms with E-state index in [0.717, 1.165) is 23.4 Å². The minimum absolute atomic E-state index is 0.0762. The van der Waals surface area contributed by atoms with Crippen LogP contribution in [0.15, 0.2) is 48.5 Å². The number of likely N-dealkylation sites (N-methyl/N-ethyl adjacent to an activating group) is 1. The summed E-state index contributed by atoms with van der Waals surface area (Å²) in [4.78, 5) is 14.2. The Kier molecular flexibility index (Phi) is 6.68. The summed E-state index contributed by atoms with van der Waals surface area (Å²) in [7, 11) is 5.37. The molecule has 0 aliphatic heterocycles. The van der Waals surface area contributed by atoms with Gasteiger partial charge in [0, 0.05) is 12.1 Å². The zero-order chi connectivity index (χ0) is 20.0. The number of amides is 1. The second-order valence-corrected chi connectivity index (χ2v) is 6.03. The van der Waals surface area contributed by atoms with Gasteiger partial charge in [0.2, 0.25) is 0 Å². The molecule has 2 aromatic carbocycles. The monoisotopic (exact) mass is 382 g/mol. The minimum Gasteiger partial charge on any atom is -0.497 e. The van der Waals surface area contributed by atoms with Crippen molar-refractivity contribution in [1.82, 2.24) is 10.2 Å². The van der Waals surface area contributed by atoms with E-state index in [4.69, 9.17) is 4.74 Å².